The first kappa shape index (κ1) is 23.4. The second kappa shape index (κ2) is 9.21. The van der Waals surface area contributed by atoms with Crippen molar-refractivity contribution in [2.75, 3.05) is 7.11 Å². The Hall–Kier alpha value is -3.80. The number of aromatic amines is 1. The molecular weight excluding hydrogens is 426 g/mol. The molecule has 0 aliphatic rings. The third-order valence-electron chi connectivity index (χ3n) is 6.25. The first-order chi connectivity index (χ1) is 16.2. The van der Waals surface area contributed by atoms with Crippen molar-refractivity contribution in [3.05, 3.63) is 87.0 Å². The normalized spacial score (nSPS) is 11.3. The molecule has 0 spiro atoms. The van der Waals surface area contributed by atoms with Gasteiger partial charge in [0.05, 0.1) is 7.11 Å². The minimum absolute atomic E-state index is 0.162. The molecule has 34 heavy (non-hydrogen) atoms. The molecule has 6 nitrogen and oxygen atoms in total. The number of pyridine rings is 1. The summed E-state index contributed by atoms with van der Waals surface area (Å²) in [6.45, 7) is 10.2. The van der Waals surface area contributed by atoms with E-state index in [1.807, 2.05) is 57.2 Å². The minimum atomic E-state index is -0.210. The molecule has 0 unspecified atom stereocenters. The van der Waals surface area contributed by atoms with Gasteiger partial charge in [0.1, 0.15) is 5.75 Å². The Morgan fingerprint density at radius 1 is 1.06 bits per heavy atom. The smallest absolute Gasteiger partial charge is 0.253 e. The molecule has 0 saturated heterocycles. The van der Waals surface area contributed by atoms with Gasteiger partial charge < -0.3 is 19.6 Å². The highest BCUT2D eigenvalue weighted by atomic mass is 16.5. The van der Waals surface area contributed by atoms with Gasteiger partial charge in [0.15, 0.2) is 0 Å². The topological polar surface area (TPSA) is 76.1 Å². The molecule has 4 aromatic rings. The zero-order chi connectivity index (χ0) is 24.6. The number of fused-ring (bicyclic) bond motifs is 1. The Bertz CT molecular complexity index is 1440. The molecule has 2 aromatic heterocycles. The summed E-state index contributed by atoms with van der Waals surface area (Å²) in [6, 6.07) is 14.0. The Morgan fingerprint density at radius 3 is 2.50 bits per heavy atom. The van der Waals surface area contributed by atoms with Crippen LogP contribution in [0.15, 0.2) is 53.5 Å². The second-order valence-electron chi connectivity index (χ2n) is 9.09. The number of H-pyrrole nitrogens is 1. The minimum Gasteiger partial charge on any atom is -0.497 e. The molecule has 4 rings (SSSR count). The maximum absolute atomic E-state index is 13.5. The van der Waals surface area contributed by atoms with Gasteiger partial charge in [0.2, 0.25) is 0 Å². The van der Waals surface area contributed by atoms with E-state index in [4.69, 9.17) is 4.74 Å². The molecule has 0 aliphatic heterocycles. The molecule has 0 aliphatic carbocycles. The number of rotatable bonds is 6. The Balaban J connectivity index is 1.82. The van der Waals surface area contributed by atoms with E-state index in [9.17, 15) is 9.59 Å². The lowest BCUT2D eigenvalue weighted by atomic mass is 9.97. The number of hydrogen-bond donors (Lipinski definition) is 2. The van der Waals surface area contributed by atoms with Gasteiger partial charge >= 0.3 is 0 Å². The van der Waals surface area contributed by atoms with E-state index in [1.165, 1.54) is 0 Å². The molecule has 0 radical (unpaired) electrons. The maximum Gasteiger partial charge on any atom is 0.253 e. The number of amides is 1. The summed E-state index contributed by atoms with van der Waals surface area (Å²) in [7, 11) is 1.64. The monoisotopic (exact) mass is 457 g/mol. The SMILES string of the molecule is COc1cccc(-c2cc(C(=O)NCc3c(C)cc(C)[nH]c3=O)c3c(C)cn(C(C)C)c3c2)c1. The fraction of sp³-hybridized carbons (Fsp3) is 0.286. The quantitative estimate of drug-likeness (QED) is 0.405. The van der Waals surface area contributed by atoms with Crippen LogP contribution in [0.2, 0.25) is 0 Å². The third kappa shape index (κ3) is 4.36. The summed E-state index contributed by atoms with van der Waals surface area (Å²) < 4.78 is 7.60. The lowest BCUT2D eigenvalue weighted by Gasteiger charge is -2.14. The van der Waals surface area contributed by atoms with Gasteiger partial charge in [-0.05, 0) is 87.2 Å². The molecule has 2 aromatic carbocycles. The molecule has 0 saturated carbocycles. The summed E-state index contributed by atoms with van der Waals surface area (Å²) in [5.41, 5.74) is 6.59. The molecular formula is C28H31N3O3. The largest absolute Gasteiger partial charge is 0.497 e. The van der Waals surface area contributed by atoms with Crippen molar-refractivity contribution in [1.82, 2.24) is 14.9 Å². The van der Waals surface area contributed by atoms with E-state index in [-0.39, 0.29) is 24.1 Å². The lowest BCUT2D eigenvalue weighted by Crippen LogP contribution is -2.28. The predicted octanol–water partition coefficient (Wildman–Crippen LogP) is 5.44. The fourth-order valence-electron chi connectivity index (χ4n) is 4.53. The number of ether oxygens (including phenoxy) is 1. The zero-order valence-corrected chi connectivity index (χ0v) is 20.6. The van der Waals surface area contributed by atoms with Crippen LogP contribution in [0.25, 0.3) is 22.0 Å². The van der Waals surface area contributed by atoms with E-state index in [0.717, 1.165) is 44.6 Å². The van der Waals surface area contributed by atoms with Gasteiger partial charge in [0.25, 0.3) is 11.5 Å². The van der Waals surface area contributed by atoms with E-state index in [0.29, 0.717) is 11.1 Å². The van der Waals surface area contributed by atoms with Crippen LogP contribution in [0.3, 0.4) is 0 Å². The number of methoxy groups -OCH3 is 1. The van der Waals surface area contributed by atoms with E-state index in [2.05, 4.69) is 41.0 Å². The van der Waals surface area contributed by atoms with Gasteiger partial charge in [0, 0.05) is 46.5 Å². The number of carbonyl (C=O) groups excluding carboxylic acids is 1. The zero-order valence-electron chi connectivity index (χ0n) is 20.6. The number of aromatic nitrogens is 2. The van der Waals surface area contributed by atoms with E-state index in [1.54, 1.807) is 7.11 Å². The number of carbonyl (C=O) groups is 1. The highest BCUT2D eigenvalue weighted by Gasteiger charge is 2.19. The summed E-state index contributed by atoms with van der Waals surface area (Å²) in [4.78, 5) is 28.8. The predicted molar refractivity (Wildman–Crippen MR) is 137 cm³/mol. The molecule has 1 amide bonds. The van der Waals surface area contributed by atoms with Crippen LogP contribution in [-0.4, -0.2) is 22.6 Å². The van der Waals surface area contributed by atoms with Gasteiger partial charge in [-0.3, -0.25) is 9.59 Å². The number of nitrogens with one attached hydrogen (secondary N) is 2. The maximum atomic E-state index is 13.5. The van der Waals surface area contributed by atoms with Gasteiger partial charge in [-0.2, -0.15) is 0 Å². The highest BCUT2D eigenvalue weighted by molar-refractivity contribution is 6.09. The molecule has 176 valence electrons. The summed E-state index contributed by atoms with van der Waals surface area (Å²) >= 11 is 0. The standard InChI is InChI=1S/C28H31N3O3/c1-16(2)31-15-18(4)26-23(27(32)29-14-24-17(3)10-19(5)30-28(24)33)12-21(13-25(26)31)20-8-7-9-22(11-20)34-6/h7-13,15-16H,14H2,1-6H3,(H,29,32)(H,30,33). The van der Waals surface area contributed by atoms with Gasteiger partial charge in [-0.15, -0.1) is 0 Å². The van der Waals surface area contributed by atoms with E-state index < -0.39 is 0 Å². The highest BCUT2D eigenvalue weighted by Crippen LogP contribution is 2.34. The molecule has 0 bridgehead atoms. The Labute approximate surface area is 199 Å². The van der Waals surface area contributed by atoms with Crippen molar-refractivity contribution >= 4 is 16.8 Å². The van der Waals surface area contributed by atoms with Crippen molar-refractivity contribution in [2.45, 2.75) is 47.2 Å². The summed E-state index contributed by atoms with van der Waals surface area (Å²) in [5.74, 6) is 0.548. The van der Waals surface area contributed by atoms with Crippen LogP contribution < -0.4 is 15.6 Å². The number of nitrogens with zero attached hydrogens (tertiary/aromatic N) is 1. The third-order valence-corrected chi connectivity index (χ3v) is 6.25. The van der Waals surface area contributed by atoms with Crippen LogP contribution in [-0.2, 0) is 6.54 Å². The van der Waals surface area contributed by atoms with Crippen molar-refractivity contribution in [1.29, 1.82) is 0 Å². The van der Waals surface area contributed by atoms with Gasteiger partial charge in [-0.1, -0.05) is 12.1 Å². The number of benzene rings is 2. The Kier molecular flexibility index (Phi) is 6.33. The van der Waals surface area contributed by atoms with Gasteiger partial charge in [-0.25, -0.2) is 0 Å². The van der Waals surface area contributed by atoms with Crippen molar-refractivity contribution in [2.24, 2.45) is 0 Å². The van der Waals surface area contributed by atoms with Crippen LogP contribution >= 0.6 is 0 Å². The number of aryl methyl sites for hydroxylation is 3. The molecule has 2 N–H and O–H groups in total. The van der Waals surface area contributed by atoms with E-state index >= 15 is 0 Å². The molecule has 0 atom stereocenters. The first-order valence-electron chi connectivity index (χ1n) is 11.5. The van der Waals surface area contributed by atoms with Crippen molar-refractivity contribution < 1.29 is 9.53 Å². The number of hydrogen-bond acceptors (Lipinski definition) is 3. The summed E-state index contributed by atoms with van der Waals surface area (Å²) in [5, 5.41) is 3.91. The Morgan fingerprint density at radius 2 is 1.82 bits per heavy atom. The average Bonchev–Trinajstić information content (AvgIpc) is 3.14. The molecule has 6 heteroatoms. The molecule has 2 heterocycles. The van der Waals surface area contributed by atoms with Crippen molar-refractivity contribution in [3.63, 3.8) is 0 Å². The lowest BCUT2D eigenvalue weighted by molar-refractivity contribution is 0.0952. The van der Waals surface area contributed by atoms with Crippen LogP contribution in [0, 0.1) is 20.8 Å². The average molecular weight is 458 g/mol. The van der Waals surface area contributed by atoms with Crippen LogP contribution in [0.5, 0.6) is 5.75 Å². The van der Waals surface area contributed by atoms with Crippen molar-refractivity contribution in [3.8, 4) is 16.9 Å². The first-order valence-corrected chi connectivity index (χ1v) is 11.5. The molecule has 0 fully saturated rings. The van der Waals surface area contributed by atoms with Crippen LogP contribution in [0.4, 0.5) is 0 Å². The fourth-order valence-corrected chi connectivity index (χ4v) is 4.53. The summed E-state index contributed by atoms with van der Waals surface area (Å²) in [6.07, 6.45) is 2.09. The van der Waals surface area contributed by atoms with Crippen LogP contribution in [0.1, 0.15) is 52.6 Å². The second-order valence-corrected chi connectivity index (χ2v) is 9.09.